The number of carbonyl (C=O) groups is 1. The van der Waals surface area contributed by atoms with Crippen molar-refractivity contribution in [3.05, 3.63) is 53.6 Å². The molecule has 0 aliphatic rings. The van der Waals surface area contributed by atoms with E-state index in [0.717, 1.165) is 13.0 Å². The first kappa shape index (κ1) is 28.0. The highest BCUT2D eigenvalue weighted by atomic mass is 32.5. The second kappa shape index (κ2) is 7.91. The monoisotopic (exact) mass is 549 g/mol. The maximum absolute atomic E-state index is 12.9. The molecule has 2 rings (SSSR count). The SMILES string of the molecule is CC(O)(CSc1cc(C(F)(F)F)cc(C(F)(F)F)c1)C(=O)Nc1cccc(S(F)(F)(F)(F)F)c1. The molecule has 0 aromatic heterocycles. The molecule has 0 aliphatic carbocycles. The molecule has 16 heteroatoms. The van der Waals surface area contributed by atoms with Gasteiger partial charge in [-0.1, -0.05) is 25.5 Å². The van der Waals surface area contributed by atoms with Gasteiger partial charge >= 0.3 is 22.6 Å². The van der Waals surface area contributed by atoms with Gasteiger partial charge < -0.3 is 10.4 Å². The third-order valence-corrected chi connectivity index (χ3v) is 6.53. The molecule has 2 aromatic rings. The summed E-state index contributed by atoms with van der Waals surface area (Å²) in [6.07, 6.45) is -10.3. The Morgan fingerprint density at radius 1 is 0.912 bits per heavy atom. The zero-order chi connectivity index (χ0) is 26.4. The highest BCUT2D eigenvalue weighted by molar-refractivity contribution is 8.45. The molecule has 2 N–H and O–H groups in total. The maximum atomic E-state index is 12.9. The topological polar surface area (TPSA) is 49.3 Å². The molecule has 2 aromatic carbocycles. The fourth-order valence-corrected chi connectivity index (χ4v) is 4.06. The van der Waals surface area contributed by atoms with Gasteiger partial charge in [0.1, 0.15) is 10.5 Å². The van der Waals surface area contributed by atoms with Gasteiger partial charge in [-0.2, -0.15) is 26.3 Å². The quantitative estimate of drug-likeness (QED) is 0.285. The number of benzene rings is 2. The van der Waals surface area contributed by atoms with E-state index in [2.05, 4.69) is 0 Å². The van der Waals surface area contributed by atoms with Crippen LogP contribution in [0.4, 0.5) is 51.5 Å². The van der Waals surface area contributed by atoms with Gasteiger partial charge in [-0.25, -0.2) is 0 Å². The summed E-state index contributed by atoms with van der Waals surface area (Å²) < 4.78 is 142. The first-order valence-electron chi connectivity index (χ1n) is 8.69. The lowest BCUT2D eigenvalue weighted by atomic mass is 10.1. The molecule has 0 radical (unpaired) electrons. The fraction of sp³-hybridized carbons (Fsp3) is 0.278. The Morgan fingerprint density at radius 2 is 1.41 bits per heavy atom. The highest BCUT2D eigenvalue weighted by Crippen LogP contribution is 3.02. The van der Waals surface area contributed by atoms with Crippen LogP contribution in [0.15, 0.2) is 52.3 Å². The second-order valence-electron chi connectivity index (χ2n) is 7.26. The lowest BCUT2D eigenvalue weighted by molar-refractivity contribution is -0.143. The summed E-state index contributed by atoms with van der Waals surface area (Å²) in [7, 11) is -10.1. The number of hydrogen-bond donors (Lipinski definition) is 2. The molecular formula is C18H14F11NO2S2. The van der Waals surface area contributed by atoms with Gasteiger partial charge in [0.25, 0.3) is 5.91 Å². The predicted octanol–water partition coefficient (Wildman–Crippen LogP) is 7.86. The summed E-state index contributed by atoms with van der Waals surface area (Å²) in [5.41, 5.74) is -6.59. The molecule has 0 spiro atoms. The maximum Gasteiger partial charge on any atom is 0.416 e. The molecule has 1 unspecified atom stereocenters. The Morgan fingerprint density at radius 3 is 1.85 bits per heavy atom. The Kier molecular flexibility index (Phi) is 6.52. The average Bonchev–Trinajstić information content (AvgIpc) is 2.63. The Balaban J connectivity index is 2.24. The number of anilines is 1. The Bertz CT molecular complexity index is 1060. The Hall–Kier alpha value is -2.20. The lowest BCUT2D eigenvalue weighted by Gasteiger charge is -2.40. The molecule has 34 heavy (non-hydrogen) atoms. The second-order valence-corrected chi connectivity index (χ2v) is 10.7. The first-order valence-corrected chi connectivity index (χ1v) is 11.6. The molecule has 1 atom stereocenters. The number of amides is 1. The number of hydrogen-bond acceptors (Lipinski definition) is 3. The fourth-order valence-electron chi connectivity index (χ4n) is 2.38. The van der Waals surface area contributed by atoms with Crippen LogP contribution in [0.3, 0.4) is 0 Å². The van der Waals surface area contributed by atoms with Gasteiger partial charge in [0.05, 0.1) is 11.1 Å². The van der Waals surface area contributed by atoms with Crippen molar-refractivity contribution in [2.75, 3.05) is 11.1 Å². The van der Waals surface area contributed by atoms with Crippen LogP contribution in [0.1, 0.15) is 18.1 Å². The smallest absolute Gasteiger partial charge is 0.379 e. The van der Waals surface area contributed by atoms with Gasteiger partial charge in [-0.3, -0.25) is 4.79 Å². The minimum atomic E-state index is -10.1. The van der Waals surface area contributed by atoms with Crippen molar-refractivity contribution in [3.8, 4) is 0 Å². The third kappa shape index (κ3) is 7.40. The van der Waals surface area contributed by atoms with Crippen LogP contribution in [-0.4, -0.2) is 22.4 Å². The number of rotatable bonds is 6. The number of aliphatic hydroxyl groups is 1. The van der Waals surface area contributed by atoms with E-state index in [4.69, 9.17) is 0 Å². The van der Waals surface area contributed by atoms with E-state index >= 15 is 0 Å². The van der Waals surface area contributed by atoms with Crippen molar-refractivity contribution in [1.29, 1.82) is 0 Å². The van der Waals surface area contributed by atoms with Crippen molar-refractivity contribution in [2.45, 2.75) is 34.7 Å². The largest absolute Gasteiger partial charge is 0.416 e. The van der Waals surface area contributed by atoms with Crippen LogP contribution in [0.5, 0.6) is 0 Å². The van der Waals surface area contributed by atoms with E-state index < -0.39 is 66.4 Å². The molecule has 0 saturated heterocycles. The number of alkyl halides is 6. The van der Waals surface area contributed by atoms with Crippen molar-refractivity contribution < 1.29 is 55.7 Å². The zero-order valence-corrected chi connectivity index (χ0v) is 18.2. The van der Waals surface area contributed by atoms with E-state index in [1.54, 1.807) is 5.32 Å². The van der Waals surface area contributed by atoms with Crippen LogP contribution in [0.2, 0.25) is 0 Å². The van der Waals surface area contributed by atoms with E-state index in [-0.39, 0.29) is 30.0 Å². The van der Waals surface area contributed by atoms with Crippen LogP contribution in [0, 0.1) is 0 Å². The number of carbonyl (C=O) groups excluding carboxylic acids is 1. The first-order chi connectivity index (χ1) is 14.9. The molecule has 192 valence electrons. The van der Waals surface area contributed by atoms with Gasteiger partial charge in [0.2, 0.25) is 0 Å². The predicted molar refractivity (Wildman–Crippen MR) is 104 cm³/mol. The standard InChI is InChI=1S/C18H14F11NO2S2/c1-16(32,15(31)30-12-3-2-4-14(8-12)34(25,26,27,28)29)9-33-13-6-10(17(19,20)21)5-11(7-13)18(22,23)24/h2-8,32H,9H2,1H3,(H,30,31). The van der Waals surface area contributed by atoms with Crippen LogP contribution in [-0.2, 0) is 17.1 Å². The average molecular weight is 549 g/mol. The van der Waals surface area contributed by atoms with Crippen LogP contribution < -0.4 is 5.32 Å². The summed E-state index contributed by atoms with van der Waals surface area (Å²) in [6, 6.07) is 1.94. The molecule has 0 bridgehead atoms. The highest BCUT2D eigenvalue weighted by Gasteiger charge is 2.65. The Labute approximate surface area is 189 Å². The van der Waals surface area contributed by atoms with E-state index in [1.165, 1.54) is 0 Å². The summed E-state index contributed by atoms with van der Waals surface area (Å²) in [5, 5.41) is 12.0. The third-order valence-electron chi connectivity index (χ3n) is 4.11. The molecule has 1 amide bonds. The van der Waals surface area contributed by atoms with Crippen molar-refractivity contribution in [3.63, 3.8) is 0 Å². The lowest BCUT2D eigenvalue weighted by Crippen LogP contribution is -2.42. The minimum absolute atomic E-state index is 0.0665. The number of thioether (sulfide) groups is 1. The summed E-state index contributed by atoms with van der Waals surface area (Å²) >= 11 is 0.228. The molecule has 0 heterocycles. The van der Waals surface area contributed by atoms with Gasteiger partial charge in [-0.05, 0) is 43.3 Å². The summed E-state index contributed by atoms with van der Waals surface area (Å²) in [5.74, 6) is -2.28. The van der Waals surface area contributed by atoms with E-state index in [1.807, 2.05) is 0 Å². The molecule has 3 nitrogen and oxygen atoms in total. The molecule has 0 aliphatic heterocycles. The minimum Gasteiger partial charge on any atom is -0.379 e. The van der Waals surface area contributed by atoms with Crippen molar-refractivity contribution >= 4 is 33.6 Å². The van der Waals surface area contributed by atoms with Crippen molar-refractivity contribution in [1.82, 2.24) is 0 Å². The van der Waals surface area contributed by atoms with Crippen LogP contribution in [0.25, 0.3) is 0 Å². The van der Waals surface area contributed by atoms with Gasteiger partial charge in [0.15, 0.2) is 0 Å². The zero-order valence-electron chi connectivity index (χ0n) is 16.6. The van der Waals surface area contributed by atoms with Crippen molar-refractivity contribution in [2.24, 2.45) is 0 Å². The molecular weight excluding hydrogens is 535 g/mol. The van der Waals surface area contributed by atoms with E-state index in [0.29, 0.717) is 18.2 Å². The molecule has 0 saturated carbocycles. The molecule has 0 fully saturated rings. The summed E-state index contributed by atoms with van der Waals surface area (Å²) in [6.45, 7) is 0.780. The number of nitrogens with one attached hydrogen (secondary N) is 1. The number of halogens is 11. The van der Waals surface area contributed by atoms with Crippen LogP contribution >= 0.6 is 22.0 Å². The van der Waals surface area contributed by atoms with Gasteiger partial charge in [0, 0.05) is 16.3 Å². The van der Waals surface area contributed by atoms with Gasteiger partial charge in [-0.15, -0.1) is 11.8 Å². The normalized spacial score (nSPS) is 16.9. The summed E-state index contributed by atoms with van der Waals surface area (Å²) in [4.78, 5) is 9.30. The van der Waals surface area contributed by atoms with E-state index in [9.17, 15) is 55.7 Å².